The standard InChI is InChI=1S/C6H6NO2/c1-7(9)5-3-2-4-6(7)8/h2-3,5H,1H3. The molecule has 0 fully saturated rings. The zero-order valence-corrected chi connectivity index (χ0v) is 5.00. The minimum absolute atomic E-state index is 0.558. The van der Waals surface area contributed by atoms with E-state index in [1.807, 2.05) is 0 Å². The van der Waals surface area contributed by atoms with Gasteiger partial charge in [0, 0.05) is 0 Å². The molecule has 0 spiro atoms. The van der Waals surface area contributed by atoms with Gasteiger partial charge >= 0.3 is 5.91 Å². The van der Waals surface area contributed by atoms with Crippen molar-refractivity contribution in [1.82, 2.24) is 0 Å². The second-order valence-electron chi connectivity index (χ2n) is 1.95. The fourth-order valence-electron chi connectivity index (χ4n) is 0.523. The van der Waals surface area contributed by atoms with E-state index < -0.39 is 10.6 Å². The van der Waals surface area contributed by atoms with Crippen LogP contribution in [0.3, 0.4) is 0 Å². The second kappa shape index (κ2) is 1.79. The van der Waals surface area contributed by atoms with E-state index in [0.717, 1.165) is 0 Å². The minimum atomic E-state index is -0.976. The number of rotatable bonds is 0. The molecule has 1 aliphatic rings. The summed E-state index contributed by atoms with van der Waals surface area (Å²) in [7, 11) is 1.26. The molecule has 0 bridgehead atoms. The number of quaternary nitrogens is 1. The van der Waals surface area contributed by atoms with E-state index in [1.165, 1.54) is 25.4 Å². The highest BCUT2D eigenvalue weighted by molar-refractivity contribution is 5.78. The molecule has 1 rings (SSSR count). The van der Waals surface area contributed by atoms with Crippen LogP contribution in [0, 0.1) is 11.3 Å². The van der Waals surface area contributed by atoms with Gasteiger partial charge in [0.2, 0.25) is 0 Å². The summed E-state index contributed by atoms with van der Waals surface area (Å²) in [4.78, 5) is 10.6. The van der Waals surface area contributed by atoms with Gasteiger partial charge in [-0.05, 0) is 12.2 Å². The van der Waals surface area contributed by atoms with Crippen molar-refractivity contribution in [2.45, 2.75) is 0 Å². The Morgan fingerprint density at radius 3 is 2.78 bits per heavy atom. The maximum atomic E-state index is 10.9. The number of amides is 1. The number of hydrogen-bond donors (Lipinski definition) is 0. The monoisotopic (exact) mass is 124 g/mol. The van der Waals surface area contributed by atoms with Crippen molar-refractivity contribution >= 4 is 5.91 Å². The first-order valence-corrected chi connectivity index (χ1v) is 2.52. The van der Waals surface area contributed by atoms with Crippen LogP contribution in [0.1, 0.15) is 0 Å². The lowest BCUT2D eigenvalue weighted by molar-refractivity contribution is -0.724. The van der Waals surface area contributed by atoms with Gasteiger partial charge in [0.25, 0.3) is 0 Å². The molecule has 0 aromatic heterocycles. The topological polar surface area (TPSA) is 40.1 Å². The molecule has 3 heteroatoms. The summed E-state index contributed by atoms with van der Waals surface area (Å²) in [5.74, 6) is -0.558. The van der Waals surface area contributed by atoms with E-state index in [-0.39, 0.29) is 0 Å². The molecule has 1 amide bonds. The Hall–Kier alpha value is -0.930. The van der Waals surface area contributed by atoms with Crippen molar-refractivity contribution in [2.24, 2.45) is 0 Å². The van der Waals surface area contributed by atoms with Crippen LogP contribution in [0.4, 0.5) is 0 Å². The summed E-state index contributed by atoms with van der Waals surface area (Å²) >= 11 is 0. The van der Waals surface area contributed by atoms with E-state index in [2.05, 4.69) is 6.08 Å². The molecule has 0 saturated heterocycles. The van der Waals surface area contributed by atoms with Gasteiger partial charge in [0.15, 0.2) is 0 Å². The quantitative estimate of drug-likeness (QED) is 0.345. The third-order valence-electron chi connectivity index (χ3n) is 1.08. The predicted molar refractivity (Wildman–Crippen MR) is 31.5 cm³/mol. The molecular weight excluding hydrogens is 118 g/mol. The van der Waals surface area contributed by atoms with Crippen LogP contribution in [0.5, 0.6) is 0 Å². The van der Waals surface area contributed by atoms with E-state index in [4.69, 9.17) is 0 Å². The third-order valence-corrected chi connectivity index (χ3v) is 1.08. The van der Waals surface area contributed by atoms with Crippen molar-refractivity contribution in [3.63, 3.8) is 0 Å². The van der Waals surface area contributed by atoms with Gasteiger partial charge in [0.05, 0.1) is 13.1 Å². The van der Waals surface area contributed by atoms with Gasteiger partial charge in [-0.15, -0.1) is 0 Å². The Morgan fingerprint density at radius 1 is 1.78 bits per heavy atom. The Morgan fingerprint density at radius 2 is 2.44 bits per heavy atom. The zero-order chi connectivity index (χ0) is 6.91. The van der Waals surface area contributed by atoms with Crippen molar-refractivity contribution in [2.75, 3.05) is 7.05 Å². The lowest BCUT2D eigenvalue weighted by Crippen LogP contribution is -2.38. The average molecular weight is 124 g/mol. The molecule has 1 radical (unpaired) electrons. The minimum Gasteiger partial charge on any atom is -0.620 e. The number of likely N-dealkylation sites (N-methyl/N-ethyl adjacent to an activating group) is 1. The van der Waals surface area contributed by atoms with Gasteiger partial charge in [-0.2, -0.15) is 0 Å². The Kier molecular flexibility index (Phi) is 1.23. The molecule has 0 N–H and O–H groups in total. The summed E-state index contributed by atoms with van der Waals surface area (Å²) in [5, 5.41) is 10.9. The van der Waals surface area contributed by atoms with Gasteiger partial charge in [-0.3, -0.25) is 4.65 Å². The molecule has 1 aliphatic heterocycles. The molecule has 0 aromatic carbocycles. The van der Waals surface area contributed by atoms with Crippen molar-refractivity contribution < 1.29 is 9.44 Å². The third kappa shape index (κ3) is 1.06. The van der Waals surface area contributed by atoms with Gasteiger partial charge in [-0.1, -0.05) is 0 Å². The van der Waals surface area contributed by atoms with Crippen LogP contribution in [-0.2, 0) is 4.79 Å². The number of nitrogens with zero attached hydrogens (tertiary/aromatic N) is 1. The predicted octanol–water partition coefficient (Wildman–Crippen LogP) is 0.344. The molecule has 1 heterocycles. The highest BCUT2D eigenvalue weighted by Crippen LogP contribution is 2.06. The van der Waals surface area contributed by atoms with Gasteiger partial charge in [-0.25, -0.2) is 4.79 Å². The van der Waals surface area contributed by atoms with Crippen LogP contribution < -0.4 is 0 Å². The first-order chi connectivity index (χ1) is 4.13. The van der Waals surface area contributed by atoms with Crippen LogP contribution in [-0.4, -0.2) is 17.6 Å². The van der Waals surface area contributed by atoms with Crippen LogP contribution in [0.2, 0.25) is 0 Å². The van der Waals surface area contributed by atoms with Crippen LogP contribution in [0.15, 0.2) is 18.4 Å². The summed E-state index contributed by atoms with van der Waals surface area (Å²) < 4.78 is -0.976. The summed E-state index contributed by atoms with van der Waals surface area (Å²) in [6.07, 6.45) is 6.48. The largest absolute Gasteiger partial charge is 0.620 e. The fourth-order valence-corrected chi connectivity index (χ4v) is 0.523. The molecule has 9 heavy (non-hydrogen) atoms. The first-order valence-electron chi connectivity index (χ1n) is 2.52. The van der Waals surface area contributed by atoms with E-state index in [1.54, 1.807) is 0 Å². The van der Waals surface area contributed by atoms with Crippen molar-refractivity contribution in [1.29, 1.82) is 0 Å². The Labute approximate surface area is 53.1 Å². The zero-order valence-electron chi connectivity index (χ0n) is 5.00. The number of carbonyl (C=O) groups excluding carboxylic acids is 1. The second-order valence-corrected chi connectivity index (χ2v) is 1.95. The Balaban J connectivity index is 2.91. The normalized spacial score (nSPS) is 33.3. The smallest absolute Gasteiger partial charge is 0.351 e. The summed E-state index contributed by atoms with van der Waals surface area (Å²) in [5.41, 5.74) is 0. The molecule has 3 nitrogen and oxygen atoms in total. The first kappa shape index (κ1) is 6.19. The molecular formula is C6H6NO2. The van der Waals surface area contributed by atoms with Gasteiger partial charge in [0.1, 0.15) is 6.20 Å². The average Bonchev–Trinajstić information content (AvgIpc) is 1.77. The fraction of sp³-hybridized carbons (Fsp3) is 0.167. The summed E-state index contributed by atoms with van der Waals surface area (Å²) in [6.45, 7) is 0. The number of allylic oxidation sites excluding steroid dienone is 2. The van der Waals surface area contributed by atoms with Crippen LogP contribution in [0.25, 0.3) is 0 Å². The van der Waals surface area contributed by atoms with Crippen LogP contribution >= 0.6 is 0 Å². The van der Waals surface area contributed by atoms with E-state index >= 15 is 0 Å². The molecule has 47 valence electrons. The lowest BCUT2D eigenvalue weighted by Gasteiger charge is -2.30. The lowest BCUT2D eigenvalue weighted by atomic mass is 10.3. The van der Waals surface area contributed by atoms with Crippen molar-refractivity contribution in [3.8, 4) is 0 Å². The molecule has 1 unspecified atom stereocenters. The number of hydrogen-bond acceptors (Lipinski definition) is 2. The Bertz CT molecular complexity index is 191. The summed E-state index contributed by atoms with van der Waals surface area (Å²) in [6, 6.07) is 0. The molecule has 0 aliphatic carbocycles. The number of carbonyl (C=O) groups is 1. The van der Waals surface area contributed by atoms with Crippen molar-refractivity contribution in [3.05, 3.63) is 29.6 Å². The maximum Gasteiger partial charge on any atom is 0.351 e. The maximum absolute atomic E-state index is 10.9. The SMILES string of the molecule is C[N+]1([O-])C=CC=[C]C1=O. The molecule has 0 saturated carbocycles. The molecule has 0 aromatic rings. The van der Waals surface area contributed by atoms with E-state index in [0.29, 0.717) is 0 Å². The highest BCUT2D eigenvalue weighted by Gasteiger charge is 2.17. The highest BCUT2D eigenvalue weighted by atomic mass is 16.6. The van der Waals surface area contributed by atoms with Gasteiger partial charge < -0.3 is 5.21 Å². The van der Waals surface area contributed by atoms with E-state index in [9.17, 15) is 10.0 Å². The number of hydroxylamine groups is 3. The molecule has 1 atom stereocenters.